The lowest BCUT2D eigenvalue weighted by atomic mass is 10.0. The molecule has 0 saturated heterocycles. The third kappa shape index (κ3) is 8.02. The summed E-state index contributed by atoms with van der Waals surface area (Å²) in [6.07, 6.45) is 0. The van der Waals surface area contributed by atoms with Crippen LogP contribution in [0, 0.1) is 0 Å². The van der Waals surface area contributed by atoms with Gasteiger partial charge in [0.25, 0.3) is 11.8 Å². The van der Waals surface area contributed by atoms with Gasteiger partial charge in [-0.1, -0.05) is 54.6 Å². The highest BCUT2D eigenvalue weighted by molar-refractivity contribution is 6.15. The lowest BCUT2D eigenvalue weighted by molar-refractivity contribution is 0.102. The van der Waals surface area contributed by atoms with Gasteiger partial charge in [-0.3, -0.25) is 9.59 Å². The Bertz CT molecular complexity index is 2940. The number of benzene rings is 6. The van der Waals surface area contributed by atoms with Crippen LogP contribution >= 0.6 is 0 Å². The van der Waals surface area contributed by atoms with Crippen molar-refractivity contribution in [2.24, 2.45) is 10.2 Å². The number of amides is 2. The van der Waals surface area contributed by atoms with Gasteiger partial charge < -0.3 is 29.6 Å². The van der Waals surface area contributed by atoms with E-state index in [9.17, 15) is 9.59 Å². The molecule has 2 amide bonds. The number of azo groups is 1. The standard InChI is InChI=1S/C48H38N6O6/c1-57-31-19-21-35(45(25-31)59-3)42-27-37(33-14-8-10-16-39(33)50-42)47(55)49-30-18-23-41(54-53-29-12-6-5-7-13-29)44(24-30)52-48(56)38-28-43(51-40-17-11-9-15-34(38)40)36-22-20-32(58-2)26-46(36)60-4/h5-28H,1-4H3,(H,49,55)(H,52,56). The number of methoxy groups -OCH3 is 4. The van der Waals surface area contributed by atoms with Crippen molar-refractivity contribution < 1.29 is 28.5 Å². The first kappa shape index (κ1) is 38.7. The monoisotopic (exact) mass is 794 g/mol. The van der Waals surface area contributed by atoms with Gasteiger partial charge in [0, 0.05) is 39.7 Å². The van der Waals surface area contributed by atoms with Crippen molar-refractivity contribution in [3.05, 3.63) is 157 Å². The molecule has 2 aromatic heterocycles. The second-order valence-corrected chi connectivity index (χ2v) is 13.5. The fourth-order valence-electron chi connectivity index (χ4n) is 6.82. The molecule has 8 rings (SSSR count). The number of nitrogens with zero attached hydrogens (tertiary/aromatic N) is 4. The van der Waals surface area contributed by atoms with Gasteiger partial charge in [-0.2, -0.15) is 5.11 Å². The zero-order chi connectivity index (χ0) is 41.6. The Balaban J connectivity index is 1.18. The molecule has 0 aliphatic rings. The maximum absolute atomic E-state index is 14.5. The summed E-state index contributed by atoms with van der Waals surface area (Å²) in [6, 6.07) is 43.4. The van der Waals surface area contributed by atoms with Crippen LogP contribution in [0.15, 0.2) is 156 Å². The summed E-state index contributed by atoms with van der Waals surface area (Å²) in [6.45, 7) is 0. The summed E-state index contributed by atoms with van der Waals surface area (Å²) in [7, 11) is 6.30. The van der Waals surface area contributed by atoms with Crippen molar-refractivity contribution in [2.45, 2.75) is 0 Å². The quantitative estimate of drug-likeness (QED) is 0.116. The van der Waals surface area contributed by atoms with Gasteiger partial charge in [-0.25, -0.2) is 9.97 Å². The molecule has 60 heavy (non-hydrogen) atoms. The largest absolute Gasteiger partial charge is 0.497 e. The minimum absolute atomic E-state index is 0.310. The summed E-state index contributed by atoms with van der Waals surface area (Å²) in [5.41, 5.74) is 6.12. The van der Waals surface area contributed by atoms with Gasteiger partial charge in [0.05, 0.1) is 73.4 Å². The summed E-state index contributed by atoms with van der Waals surface area (Å²) >= 11 is 0. The molecule has 0 spiro atoms. The number of aromatic nitrogens is 2. The van der Waals surface area contributed by atoms with Crippen LogP contribution in [-0.4, -0.2) is 50.2 Å². The fourth-order valence-corrected chi connectivity index (χ4v) is 6.82. The molecule has 0 aliphatic heterocycles. The van der Waals surface area contributed by atoms with Gasteiger partial charge >= 0.3 is 0 Å². The van der Waals surface area contributed by atoms with Crippen molar-refractivity contribution in [2.75, 3.05) is 39.1 Å². The van der Waals surface area contributed by atoms with E-state index < -0.39 is 11.8 Å². The van der Waals surface area contributed by atoms with Crippen LogP contribution in [0.4, 0.5) is 22.7 Å². The molecule has 2 N–H and O–H groups in total. The number of hydrogen-bond donors (Lipinski definition) is 2. The number of pyridine rings is 2. The molecule has 8 aromatic rings. The number of fused-ring (bicyclic) bond motifs is 2. The van der Waals surface area contributed by atoms with Gasteiger partial charge in [0.1, 0.15) is 28.7 Å². The second-order valence-electron chi connectivity index (χ2n) is 13.5. The first-order chi connectivity index (χ1) is 29.3. The maximum atomic E-state index is 14.5. The Morgan fingerprint density at radius 3 is 1.55 bits per heavy atom. The Hall–Kier alpha value is -8.12. The molecular weight excluding hydrogens is 757 g/mol. The molecule has 6 aromatic carbocycles. The average molecular weight is 795 g/mol. The van der Waals surface area contributed by atoms with E-state index in [0.29, 0.717) is 101 Å². The first-order valence-corrected chi connectivity index (χ1v) is 18.8. The highest BCUT2D eigenvalue weighted by Crippen LogP contribution is 2.37. The highest BCUT2D eigenvalue weighted by atomic mass is 16.5. The van der Waals surface area contributed by atoms with Crippen LogP contribution < -0.4 is 29.6 Å². The third-order valence-electron chi connectivity index (χ3n) is 9.82. The van der Waals surface area contributed by atoms with Gasteiger partial charge in [-0.15, -0.1) is 5.11 Å². The summed E-state index contributed by atoms with van der Waals surface area (Å²) in [5.74, 6) is 1.50. The zero-order valence-corrected chi connectivity index (χ0v) is 33.1. The summed E-state index contributed by atoms with van der Waals surface area (Å²) in [5, 5.41) is 16.3. The molecule has 0 saturated carbocycles. The van der Waals surface area contributed by atoms with E-state index in [4.69, 9.17) is 28.9 Å². The highest BCUT2D eigenvalue weighted by Gasteiger charge is 2.20. The number of rotatable bonds is 12. The minimum atomic E-state index is -0.430. The molecule has 0 fully saturated rings. The zero-order valence-electron chi connectivity index (χ0n) is 33.1. The maximum Gasteiger partial charge on any atom is 0.256 e. The first-order valence-electron chi connectivity index (χ1n) is 18.8. The number of carbonyl (C=O) groups excluding carboxylic acids is 2. The van der Waals surface area contributed by atoms with Crippen LogP contribution in [0.3, 0.4) is 0 Å². The smallest absolute Gasteiger partial charge is 0.256 e. The number of nitrogens with one attached hydrogen (secondary N) is 2. The van der Waals surface area contributed by atoms with Crippen LogP contribution in [0.5, 0.6) is 23.0 Å². The van der Waals surface area contributed by atoms with E-state index in [2.05, 4.69) is 20.9 Å². The van der Waals surface area contributed by atoms with Gasteiger partial charge in [0.2, 0.25) is 0 Å². The van der Waals surface area contributed by atoms with E-state index in [1.807, 2.05) is 103 Å². The molecule has 12 nitrogen and oxygen atoms in total. The van der Waals surface area contributed by atoms with E-state index in [1.54, 1.807) is 70.9 Å². The SMILES string of the molecule is COc1ccc(-c2cc(C(=O)Nc3ccc(N=Nc4ccccc4)c(NC(=O)c4cc(-c5ccc(OC)cc5OC)nc5ccccc45)c3)c3ccccc3n2)c(OC)c1. The van der Waals surface area contributed by atoms with E-state index in [-0.39, 0.29) is 0 Å². The number of hydrogen-bond acceptors (Lipinski definition) is 10. The molecule has 296 valence electrons. The van der Waals surface area contributed by atoms with Crippen LogP contribution in [0.1, 0.15) is 20.7 Å². The van der Waals surface area contributed by atoms with Crippen molar-refractivity contribution in [3.8, 4) is 45.5 Å². The van der Waals surface area contributed by atoms with E-state index >= 15 is 0 Å². The van der Waals surface area contributed by atoms with Crippen molar-refractivity contribution in [3.63, 3.8) is 0 Å². The Morgan fingerprint density at radius 2 is 1.02 bits per heavy atom. The predicted octanol–water partition coefficient (Wildman–Crippen LogP) is 11.1. The Kier molecular flexibility index (Phi) is 11.1. The predicted molar refractivity (Wildman–Crippen MR) is 234 cm³/mol. The van der Waals surface area contributed by atoms with Crippen molar-refractivity contribution >= 4 is 56.4 Å². The number of carbonyl (C=O) groups is 2. The Morgan fingerprint density at radius 1 is 0.500 bits per heavy atom. The molecule has 0 atom stereocenters. The number of para-hydroxylation sites is 2. The average Bonchev–Trinajstić information content (AvgIpc) is 3.30. The van der Waals surface area contributed by atoms with Crippen molar-refractivity contribution in [1.29, 1.82) is 0 Å². The van der Waals surface area contributed by atoms with E-state index in [0.717, 1.165) is 0 Å². The topological polar surface area (TPSA) is 146 Å². The molecular formula is C48H38N6O6. The van der Waals surface area contributed by atoms with Gasteiger partial charge in [0.15, 0.2) is 0 Å². The van der Waals surface area contributed by atoms with Crippen LogP contribution in [0.25, 0.3) is 44.3 Å². The molecule has 0 radical (unpaired) electrons. The number of ether oxygens (including phenoxy) is 4. The molecule has 12 heteroatoms. The lowest BCUT2D eigenvalue weighted by Crippen LogP contribution is -2.15. The fraction of sp³-hybridized carbons (Fsp3) is 0.0833. The lowest BCUT2D eigenvalue weighted by Gasteiger charge is -2.15. The molecule has 0 aliphatic carbocycles. The molecule has 0 bridgehead atoms. The van der Waals surface area contributed by atoms with Crippen LogP contribution in [-0.2, 0) is 0 Å². The third-order valence-corrected chi connectivity index (χ3v) is 9.82. The van der Waals surface area contributed by atoms with Gasteiger partial charge in [-0.05, 0) is 78.9 Å². The molecule has 2 heterocycles. The number of anilines is 2. The van der Waals surface area contributed by atoms with Crippen molar-refractivity contribution in [1.82, 2.24) is 9.97 Å². The van der Waals surface area contributed by atoms with Crippen LogP contribution in [0.2, 0.25) is 0 Å². The second kappa shape index (κ2) is 17.2. The summed E-state index contributed by atoms with van der Waals surface area (Å²) < 4.78 is 22.2. The van der Waals surface area contributed by atoms with E-state index in [1.165, 1.54) is 0 Å². The normalized spacial score (nSPS) is 11.1. The molecule has 0 unspecified atom stereocenters. The summed E-state index contributed by atoms with van der Waals surface area (Å²) in [4.78, 5) is 38.5. The minimum Gasteiger partial charge on any atom is -0.497 e. The Labute approximate surface area is 345 Å².